The molecule has 1 rings (SSSR count). The van der Waals surface area contributed by atoms with E-state index < -0.39 is 23.5 Å². The van der Waals surface area contributed by atoms with E-state index in [-0.39, 0.29) is 17.7 Å². The highest BCUT2D eigenvalue weighted by Gasteiger charge is 2.14. The van der Waals surface area contributed by atoms with Crippen LogP contribution in [0.4, 0.5) is 0 Å². The number of carboxylic acid groups (broad SMARTS) is 2. The van der Waals surface area contributed by atoms with Crippen LogP contribution >= 0.6 is 0 Å². The zero-order chi connectivity index (χ0) is 18.7. The van der Waals surface area contributed by atoms with E-state index in [4.69, 9.17) is 4.74 Å². The SMILES string of the molecule is CCCCCCCCCCOC(=O)c1ccc(C(=O)[O-])cc1C(=O)[O-]. The average Bonchev–Trinajstić information content (AvgIpc) is 2.59. The van der Waals surface area contributed by atoms with Gasteiger partial charge in [0.1, 0.15) is 0 Å². The summed E-state index contributed by atoms with van der Waals surface area (Å²) in [6, 6.07) is 3.05. The zero-order valence-corrected chi connectivity index (χ0v) is 14.5. The predicted octanol–water partition coefficient (Wildman–Crippen LogP) is 1.71. The molecule has 0 atom stereocenters. The summed E-state index contributed by atoms with van der Waals surface area (Å²) in [7, 11) is 0. The lowest BCUT2D eigenvalue weighted by atomic mass is 10.0. The molecule has 0 N–H and O–H groups in total. The molecule has 1 aromatic carbocycles. The van der Waals surface area contributed by atoms with Crippen molar-refractivity contribution in [3.05, 3.63) is 34.9 Å². The number of unbranched alkanes of at least 4 members (excludes halogenated alkanes) is 7. The van der Waals surface area contributed by atoms with Crippen LogP contribution in [0.15, 0.2) is 18.2 Å². The average molecular weight is 348 g/mol. The van der Waals surface area contributed by atoms with Gasteiger partial charge in [-0.3, -0.25) is 0 Å². The monoisotopic (exact) mass is 348 g/mol. The third kappa shape index (κ3) is 7.37. The van der Waals surface area contributed by atoms with Gasteiger partial charge in [-0.2, -0.15) is 0 Å². The van der Waals surface area contributed by atoms with E-state index in [1.54, 1.807) is 0 Å². The lowest BCUT2D eigenvalue weighted by molar-refractivity contribution is -0.255. The molecule has 0 aliphatic rings. The van der Waals surface area contributed by atoms with Crippen molar-refractivity contribution in [3.8, 4) is 0 Å². The predicted molar refractivity (Wildman–Crippen MR) is 88.0 cm³/mol. The number of carbonyl (C=O) groups excluding carboxylic acids is 3. The van der Waals surface area contributed by atoms with Gasteiger partial charge >= 0.3 is 5.97 Å². The summed E-state index contributed by atoms with van der Waals surface area (Å²) in [6.07, 6.45) is 8.82. The maximum Gasteiger partial charge on any atom is 0.338 e. The van der Waals surface area contributed by atoms with Crippen LogP contribution in [-0.2, 0) is 4.74 Å². The fourth-order valence-corrected chi connectivity index (χ4v) is 2.50. The standard InChI is InChI=1S/C19H26O6/c1-2-3-4-5-6-7-8-9-12-25-19(24)15-11-10-14(17(20)21)13-16(15)18(22)23/h10-11,13H,2-9,12H2,1H3,(H,20,21)(H,22,23)/p-2. The normalized spacial score (nSPS) is 10.4. The minimum absolute atomic E-state index is 0.197. The van der Waals surface area contributed by atoms with E-state index in [1.165, 1.54) is 25.7 Å². The molecule has 0 heterocycles. The molecule has 1 aromatic rings. The molecule has 0 spiro atoms. The maximum absolute atomic E-state index is 12.0. The fraction of sp³-hybridized carbons (Fsp3) is 0.526. The van der Waals surface area contributed by atoms with E-state index in [0.717, 1.165) is 37.5 Å². The Bertz CT molecular complexity index is 594. The summed E-state index contributed by atoms with van der Waals surface area (Å²) in [5.41, 5.74) is -1.06. The van der Waals surface area contributed by atoms with Gasteiger partial charge in [0.25, 0.3) is 0 Å². The topological polar surface area (TPSA) is 107 Å². The highest BCUT2D eigenvalue weighted by atomic mass is 16.5. The lowest BCUT2D eigenvalue weighted by Gasteiger charge is -2.12. The van der Waals surface area contributed by atoms with Gasteiger partial charge in [0.05, 0.1) is 24.1 Å². The largest absolute Gasteiger partial charge is 0.545 e. The molecular formula is C19H24O6-2. The molecule has 0 radical (unpaired) electrons. The van der Waals surface area contributed by atoms with E-state index in [9.17, 15) is 24.6 Å². The van der Waals surface area contributed by atoms with Crippen LogP contribution in [0.2, 0.25) is 0 Å². The number of carbonyl (C=O) groups is 3. The Hall–Kier alpha value is -2.37. The van der Waals surface area contributed by atoms with Crippen LogP contribution in [0.1, 0.15) is 89.4 Å². The first-order valence-corrected chi connectivity index (χ1v) is 8.71. The number of aromatic carboxylic acids is 2. The molecule has 0 saturated carbocycles. The lowest BCUT2D eigenvalue weighted by Crippen LogP contribution is -2.28. The van der Waals surface area contributed by atoms with Gasteiger partial charge in [-0.05, 0) is 24.1 Å². The Morgan fingerprint density at radius 3 is 2.00 bits per heavy atom. The van der Waals surface area contributed by atoms with E-state index in [0.29, 0.717) is 6.42 Å². The number of rotatable bonds is 12. The molecule has 6 nitrogen and oxygen atoms in total. The second-order valence-corrected chi connectivity index (χ2v) is 5.95. The van der Waals surface area contributed by atoms with Crippen LogP contribution < -0.4 is 10.2 Å². The number of esters is 1. The quantitative estimate of drug-likeness (QED) is 0.420. The first kappa shape index (κ1) is 20.7. The Morgan fingerprint density at radius 1 is 0.840 bits per heavy atom. The van der Waals surface area contributed by atoms with Gasteiger partial charge < -0.3 is 24.5 Å². The Morgan fingerprint density at radius 2 is 1.44 bits per heavy atom. The minimum atomic E-state index is -1.64. The van der Waals surface area contributed by atoms with Crippen molar-refractivity contribution in [1.29, 1.82) is 0 Å². The van der Waals surface area contributed by atoms with Crippen LogP contribution in [0.25, 0.3) is 0 Å². The first-order chi connectivity index (χ1) is 12.0. The van der Waals surface area contributed by atoms with Crippen molar-refractivity contribution in [2.45, 2.75) is 58.3 Å². The van der Waals surface area contributed by atoms with Crippen molar-refractivity contribution in [2.24, 2.45) is 0 Å². The first-order valence-electron chi connectivity index (χ1n) is 8.71. The van der Waals surface area contributed by atoms with Crippen molar-refractivity contribution in [2.75, 3.05) is 6.61 Å². The molecule has 0 amide bonds. The smallest absolute Gasteiger partial charge is 0.338 e. The third-order valence-corrected chi connectivity index (χ3v) is 3.93. The molecule has 0 aromatic heterocycles. The number of benzene rings is 1. The van der Waals surface area contributed by atoms with Gasteiger partial charge in [0.2, 0.25) is 0 Å². The Labute approximate surface area is 147 Å². The van der Waals surface area contributed by atoms with Crippen LogP contribution in [0.3, 0.4) is 0 Å². The third-order valence-electron chi connectivity index (χ3n) is 3.93. The van der Waals surface area contributed by atoms with Crippen LogP contribution in [-0.4, -0.2) is 24.5 Å². The van der Waals surface area contributed by atoms with Gasteiger partial charge in [-0.1, -0.05) is 57.9 Å². The number of hydrogen-bond donors (Lipinski definition) is 0. The van der Waals surface area contributed by atoms with E-state index >= 15 is 0 Å². The molecule has 0 unspecified atom stereocenters. The zero-order valence-electron chi connectivity index (χ0n) is 14.5. The maximum atomic E-state index is 12.0. The molecule has 138 valence electrons. The Kier molecular flexibility index (Phi) is 9.29. The molecule has 0 fully saturated rings. The van der Waals surface area contributed by atoms with Crippen molar-refractivity contribution < 1.29 is 29.3 Å². The van der Waals surface area contributed by atoms with Gasteiger partial charge in [-0.25, -0.2) is 4.79 Å². The molecule has 25 heavy (non-hydrogen) atoms. The van der Waals surface area contributed by atoms with Gasteiger partial charge in [-0.15, -0.1) is 0 Å². The molecular weight excluding hydrogens is 324 g/mol. The molecule has 0 saturated heterocycles. The Balaban J connectivity index is 2.42. The highest BCUT2D eigenvalue weighted by Crippen LogP contribution is 2.14. The van der Waals surface area contributed by atoms with Gasteiger partial charge in [0, 0.05) is 5.56 Å². The van der Waals surface area contributed by atoms with Crippen molar-refractivity contribution in [1.82, 2.24) is 0 Å². The van der Waals surface area contributed by atoms with Gasteiger partial charge in [0.15, 0.2) is 0 Å². The number of carboxylic acids is 2. The summed E-state index contributed by atoms with van der Waals surface area (Å²) in [5.74, 6) is -3.96. The highest BCUT2D eigenvalue weighted by molar-refractivity contribution is 6.03. The summed E-state index contributed by atoms with van der Waals surface area (Å²) in [6.45, 7) is 2.37. The molecule has 6 heteroatoms. The van der Waals surface area contributed by atoms with Crippen LogP contribution in [0, 0.1) is 0 Å². The minimum Gasteiger partial charge on any atom is -0.545 e. The second kappa shape index (κ2) is 11.2. The van der Waals surface area contributed by atoms with Crippen LogP contribution in [0.5, 0.6) is 0 Å². The number of ether oxygens (including phenoxy) is 1. The number of hydrogen-bond acceptors (Lipinski definition) is 6. The molecule has 0 bridgehead atoms. The summed E-state index contributed by atoms with van der Waals surface area (Å²) < 4.78 is 5.07. The summed E-state index contributed by atoms with van der Waals surface area (Å²) >= 11 is 0. The van der Waals surface area contributed by atoms with E-state index in [1.807, 2.05) is 0 Å². The molecule has 0 aliphatic carbocycles. The second-order valence-electron chi connectivity index (χ2n) is 5.95. The fourth-order valence-electron chi connectivity index (χ4n) is 2.50. The summed E-state index contributed by atoms with van der Waals surface area (Å²) in [4.78, 5) is 33.8. The summed E-state index contributed by atoms with van der Waals surface area (Å²) in [5, 5.41) is 21.9. The molecule has 0 aliphatic heterocycles. The van der Waals surface area contributed by atoms with E-state index in [2.05, 4.69) is 6.92 Å². The van der Waals surface area contributed by atoms with Crippen molar-refractivity contribution in [3.63, 3.8) is 0 Å². The van der Waals surface area contributed by atoms with Crippen molar-refractivity contribution >= 4 is 17.9 Å².